The molecule has 1 aliphatic rings. The van der Waals surface area contributed by atoms with Gasteiger partial charge < -0.3 is 14.9 Å². The lowest BCUT2D eigenvalue weighted by molar-refractivity contribution is -0.122. The van der Waals surface area contributed by atoms with Crippen LogP contribution in [0.1, 0.15) is 25.0 Å². The van der Waals surface area contributed by atoms with Crippen LogP contribution in [0.15, 0.2) is 49.4 Å². The number of imidazole rings is 2. The molecule has 0 radical (unpaired) electrons. The molecule has 7 rings (SSSR count). The number of H-pyrrole nitrogens is 2. The molecule has 0 atom stereocenters. The molecule has 1 saturated carbocycles. The third kappa shape index (κ3) is 3.60. The number of anilines is 1. The van der Waals surface area contributed by atoms with Crippen LogP contribution in [0.4, 0.5) is 10.1 Å². The molecular formula is C26H21FN10O. The van der Waals surface area contributed by atoms with Gasteiger partial charge in [0.2, 0.25) is 5.91 Å². The number of nitrogens with one attached hydrogen (secondary N) is 3. The van der Waals surface area contributed by atoms with E-state index in [1.54, 1.807) is 24.8 Å². The number of fused-ring (bicyclic) bond motifs is 2. The summed E-state index contributed by atoms with van der Waals surface area (Å²) in [6, 6.07) is 3.54. The fourth-order valence-corrected chi connectivity index (χ4v) is 4.68. The molecule has 0 aliphatic heterocycles. The molecule has 188 valence electrons. The Bertz CT molecular complexity index is 1850. The fourth-order valence-electron chi connectivity index (χ4n) is 4.68. The molecule has 3 N–H and O–H groups in total. The number of hydrogen-bond donors (Lipinski definition) is 3. The summed E-state index contributed by atoms with van der Waals surface area (Å²) in [7, 11) is 0. The normalized spacial score (nSPS) is 13.7. The van der Waals surface area contributed by atoms with Gasteiger partial charge in [0.1, 0.15) is 17.0 Å². The zero-order valence-corrected chi connectivity index (χ0v) is 20.2. The summed E-state index contributed by atoms with van der Waals surface area (Å²) in [4.78, 5) is 37.5. The van der Waals surface area contributed by atoms with E-state index in [1.807, 2.05) is 23.8 Å². The second kappa shape index (κ2) is 8.54. The van der Waals surface area contributed by atoms with E-state index in [0.717, 1.165) is 30.6 Å². The molecule has 1 aliphatic carbocycles. The first-order valence-electron chi connectivity index (χ1n) is 12.2. The first-order chi connectivity index (χ1) is 18.5. The predicted molar refractivity (Wildman–Crippen MR) is 138 cm³/mol. The van der Waals surface area contributed by atoms with Crippen molar-refractivity contribution >= 4 is 33.8 Å². The Morgan fingerprint density at radius 2 is 2.05 bits per heavy atom. The van der Waals surface area contributed by atoms with Crippen LogP contribution in [0.5, 0.6) is 0 Å². The topological polar surface area (TPSA) is 143 Å². The van der Waals surface area contributed by atoms with Gasteiger partial charge in [-0.3, -0.25) is 14.9 Å². The lowest BCUT2D eigenvalue weighted by atomic mass is 9.85. The first kappa shape index (κ1) is 22.2. The molecule has 0 saturated heterocycles. The lowest BCUT2D eigenvalue weighted by Crippen LogP contribution is -2.28. The van der Waals surface area contributed by atoms with Crippen molar-refractivity contribution in [2.24, 2.45) is 5.92 Å². The highest BCUT2D eigenvalue weighted by atomic mass is 19.1. The average molecular weight is 509 g/mol. The number of aromatic amines is 2. The highest BCUT2D eigenvalue weighted by Crippen LogP contribution is 2.34. The van der Waals surface area contributed by atoms with Crippen LogP contribution >= 0.6 is 0 Å². The van der Waals surface area contributed by atoms with Crippen molar-refractivity contribution in [3.8, 4) is 28.3 Å². The number of rotatable bonds is 5. The van der Waals surface area contributed by atoms with E-state index < -0.39 is 5.82 Å². The van der Waals surface area contributed by atoms with Gasteiger partial charge in [0.15, 0.2) is 17.1 Å². The molecule has 6 aromatic rings. The van der Waals surface area contributed by atoms with Crippen molar-refractivity contribution in [2.75, 3.05) is 5.32 Å². The van der Waals surface area contributed by atoms with Gasteiger partial charge in [-0.05, 0) is 31.9 Å². The van der Waals surface area contributed by atoms with E-state index in [0.29, 0.717) is 33.9 Å². The number of aryl methyl sites for hydroxylation is 1. The van der Waals surface area contributed by atoms with Crippen LogP contribution in [-0.2, 0) is 4.79 Å². The second-order valence-electron chi connectivity index (χ2n) is 9.40. The van der Waals surface area contributed by atoms with Crippen molar-refractivity contribution in [2.45, 2.75) is 26.2 Å². The van der Waals surface area contributed by atoms with Gasteiger partial charge in [-0.25, -0.2) is 24.3 Å². The van der Waals surface area contributed by atoms with E-state index in [-0.39, 0.29) is 28.4 Å². The standard InChI is InChI=1S/C26H21FN10O/c1-13-11-37(12-31-13)18-5-6-29-24-21(18)33-25(34-24)22-19-20(27)17(10-30-23(19)36-35-22)15-7-16(9-28-8-15)32-26(38)14-3-2-4-14/h5-12,14H,2-4H2,1H3,(H,32,38)(H,29,33,34)(H,30,35,36). The van der Waals surface area contributed by atoms with E-state index in [1.165, 1.54) is 12.4 Å². The monoisotopic (exact) mass is 508 g/mol. The zero-order chi connectivity index (χ0) is 25.8. The van der Waals surface area contributed by atoms with Gasteiger partial charge in [-0.2, -0.15) is 5.10 Å². The van der Waals surface area contributed by atoms with Gasteiger partial charge in [0.25, 0.3) is 0 Å². The average Bonchev–Trinajstić information content (AvgIpc) is 3.61. The molecule has 0 spiro atoms. The summed E-state index contributed by atoms with van der Waals surface area (Å²) >= 11 is 0. The summed E-state index contributed by atoms with van der Waals surface area (Å²) in [6.45, 7) is 1.91. The highest BCUT2D eigenvalue weighted by Gasteiger charge is 2.26. The predicted octanol–water partition coefficient (Wildman–Crippen LogP) is 4.33. The molecule has 6 heterocycles. The molecule has 0 bridgehead atoms. The molecule has 38 heavy (non-hydrogen) atoms. The molecule has 1 amide bonds. The Morgan fingerprint density at radius 3 is 2.84 bits per heavy atom. The maximum atomic E-state index is 16.0. The van der Waals surface area contributed by atoms with Crippen molar-refractivity contribution in [3.63, 3.8) is 0 Å². The number of hydrogen-bond acceptors (Lipinski definition) is 7. The number of carbonyl (C=O) groups is 1. The van der Waals surface area contributed by atoms with Crippen molar-refractivity contribution in [1.29, 1.82) is 0 Å². The maximum absolute atomic E-state index is 16.0. The van der Waals surface area contributed by atoms with Crippen LogP contribution in [0, 0.1) is 18.7 Å². The lowest BCUT2D eigenvalue weighted by Gasteiger charge is -2.24. The first-order valence-corrected chi connectivity index (χ1v) is 12.2. The maximum Gasteiger partial charge on any atom is 0.227 e. The summed E-state index contributed by atoms with van der Waals surface area (Å²) in [5.41, 5.74) is 4.61. The SMILES string of the molecule is Cc1cn(-c2ccnc3nc(-c4[nH]nc5ncc(-c6cncc(NC(=O)C7CCC7)c6)c(F)c45)[nH]c23)cn1. The molecule has 0 unspecified atom stereocenters. The van der Waals surface area contributed by atoms with Crippen LogP contribution in [0.3, 0.4) is 0 Å². The Balaban J connectivity index is 1.30. The van der Waals surface area contributed by atoms with E-state index in [2.05, 4.69) is 45.4 Å². The van der Waals surface area contributed by atoms with E-state index in [4.69, 9.17) is 0 Å². The smallest absolute Gasteiger partial charge is 0.227 e. The zero-order valence-electron chi connectivity index (χ0n) is 20.2. The van der Waals surface area contributed by atoms with Gasteiger partial charge >= 0.3 is 0 Å². The largest absolute Gasteiger partial charge is 0.334 e. The summed E-state index contributed by atoms with van der Waals surface area (Å²) < 4.78 is 17.9. The Hall–Kier alpha value is -5.00. The quantitative estimate of drug-likeness (QED) is 0.314. The summed E-state index contributed by atoms with van der Waals surface area (Å²) in [5.74, 6) is -0.165. The van der Waals surface area contributed by atoms with Gasteiger partial charge in [0.05, 0.1) is 35.0 Å². The summed E-state index contributed by atoms with van der Waals surface area (Å²) in [5, 5.41) is 10.1. The summed E-state index contributed by atoms with van der Waals surface area (Å²) in [6.07, 6.45) is 12.6. The molecular weight excluding hydrogens is 487 g/mol. The highest BCUT2D eigenvalue weighted by molar-refractivity contribution is 5.96. The molecule has 12 heteroatoms. The number of nitrogens with zero attached hydrogens (tertiary/aromatic N) is 7. The minimum Gasteiger partial charge on any atom is -0.334 e. The van der Waals surface area contributed by atoms with Crippen LogP contribution in [0.2, 0.25) is 0 Å². The Labute approximate surface area is 214 Å². The number of aromatic nitrogens is 9. The number of pyridine rings is 3. The second-order valence-corrected chi connectivity index (χ2v) is 9.40. The third-order valence-electron chi connectivity index (χ3n) is 6.91. The van der Waals surface area contributed by atoms with Crippen LogP contribution in [0.25, 0.3) is 50.5 Å². The molecule has 0 aromatic carbocycles. The van der Waals surface area contributed by atoms with Crippen LogP contribution in [-0.4, -0.2) is 50.6 Å². The third-order valence-corrected chi connectivity index (χ3v) is 6.91. The number of amides is 1. The van der Waals surface area contributed by atoms with Gasteiger partial charge in [-0.1, -0.05) is 6.42 Å². The number of halogens is 1. The van der Waals surface area contributed by atoms with Gasteiger partial charge in [0, 0.05) is 41.8 Å². The van der Waals surface area contributed by atoms with Crippen molar-refractivity contribution in [1.82, 2.24) is 44.7 Å². The minimum absolute atomic E-state index is 0.0264. The van der Waals surface area contributed by atoms with E-state index in [9.17, 15) is 4.79 Å². The fraction of sp³-hybridized carbons (Fsp3) is 0.192. The molecule has 1 fully saturated rings. The Morgan fingerprint density at radius 1 is 1.16 bits per heavy atom. The minimum atomic E-state index is -0.526. The van der Waals surface area contributed by atoms with E-state index >= 15 is 4.39 Å². The van der Waals surface area contributed by atoms with Crippen molar-refractivity contribution < 1.29 is 9.18 Å². The molecule has 6 aromatic heterocycles. The number of carbonyl (C=O) groups excluding carboxylic acids is 1. The van der Waals surface area contributed by atoms with Crippen LogP contribution < -0.4 is 5.32 Å². The molecule has 11 nitrogen and oxygen atoms in total. The van der Waals surface area contributed by atoms with Crippen molar-refractivity contribution in [3.05, 3.63) is 61.0 Å². The van der Waals surface area contributed by atoms with Gasteiger partial charge in [-0.15, -0.1) is 0 Å². The Kier molecular flexibility index (Phi) is 4.99.